The SMILES string of the molecule is CCC1CN(C)CCCN1c1ccc([C@@H](O)CC)cc1. The van der Waals surface area contributed by atoms with Crippen LogP contribution in [0.1, 0.15) is 44.8 Å². The topological polar surface area (TPSA) is 26.7 Å². The number of hydrogen-bond donors (Lipinski definition) is 1. The van der Waals surface area contributed by atoms with Gasteiger partial charge in [0.2, 0.25) is 0 Å². The van der Waals surface area contributed by atoms with Crippen LogP contribution in [-0.2, 0) is 0 Å². The standard InChI is InChI=1S/C17H28N2O/c1-4-15-13-18(3)11-6-12-19(15)16-9-7-14(8-10-16)17(20)5-2/h7-10,15,17,20H,4-6,11-13H2,1-3H3/t15?,17-/m0/s1. The number of nitrogens with zero attached hydrogens (tertiary/aromatic N) is 2. The largest absolute Gasteiger partial charge is 0.388 e. The Bertz CT molecular complexity index is 404. The summed E-state index contributed by atoms with van der Waals surface area (Å²) in [7, 11) is 2.22. The molecule has 0 saturated carbocycles. The first kappa shape index (κ1) is 15.3. The monoisotopic (exact) mass is 276 g/mol. The molecule has 1 heterocycles. The average Bonchev–Trinajstić information content (AvgIpc) is 2.67. The first-order valence-corrected chi connectivity index (χ1v) is 7.88. The van der Waals surface area contributed by atoms with Crippen LogP contribution >= 0.6 is 0 Å². The fourth-order valence-electron chi connectivity index (χ4n) is 3.06. The van der Waals surface area contributed by atoms with Crippen LogP contribution in [0.15, 0.2) is 24.3 Å². The van der Waals surface area contributed by atoms with Crippen molar-refractivity contribution >= 4 is 5.69 Å². The molecule has 1 saturated heterocycles. The Morgan fingerprint density at radius 1 is 1.20 bits per heavy atom. The lowest BCUT2D eigenvalue weighted by atomic mass is 10.1. The number of rotatable bonds is 4. The molecule has 0 spiro atoms. The first-order valence-electron chi connectivity index (χ1n) is 7.88. The third-order valence-corrected chi connectivity index (χ3v) is 4.37. The molecule has 1 aromatic rings. The van der Waals surface area contributed by atoms with Gasteiger partial charge in [-0.1, -0.05) is 26.0 Å². The fraction of sp³-hybridized carbons (Fsp3) is 0.647. The molecule has 20 heavy (non-hydrogen) atoms. The predicted octanol–water partition coefficient (Wildman–Crippen LogP) is 3.05. The van der Waals surface area contributed by atoms with E-state index in [9.17, 15) is 5.11 Å². The van der Waals surface area contributed by atoms with Gasteiger partial charge in [-0.3, -0.25) is 0 Å². The summed E-state index contributed by atoms with van der Waals surface area (Å²) in [6.07, 6.45) is 2.82. The number of anilines is 1. The summed E-state index contributed by atoms with van der Waals surface area (Å²) in [6, 6.07) is 9.07. The molecule has 0 amide bonds. The summed E-state index contributed by atoms with van der Waals surface area (Å²) < 4.78 is 0. The van der Waals surface area contributed by atoms with Crippen molar-refractivity contribution < 1.29 is 5.11 Å². The quantitative estimate of drug-likeness (QED) is 0.915. The Morgan fingerprint density at radius 3 is 2.50 bits per heavy atom. The minimum absolute atomic E-state index is 0.332. The van der Waals surface area contributed by atoms with E-state index in [-0.39, 0.29) is 6.10 Å². The van der Waals surface area contributed by atoms with Crippen LogP contribution in [0.25, 0.3) is 0 Å². The van der Waals surface area contributed by atoms with E-state index in [1.54, 1.807) is 0 Å². The number of hydrogen-bond acceptors (Lipinski definition) is 3. The van der Waals surface area contributed by atoms with E-state index in [1.807, 2.05) is 6.92 Å². The Morgan fingerprint density at radius 2 is 1.90 bits per heavy atom. The van der Waals surface area contributed by atoms with Gasteiger partial charge in [0.1, 0.15) is 0 Å². The fourth-order valence-corrected chi connectivity index (χ4v) is 3.06. The lowest BCUT2D eigenvalue weighted by Gasteiger charge is -2.32. The molecule has 1 aliphatic rings. The van der Waals surface area contributed by atoms with E-state index in [4.69, 9.17) is 0 Å². The van der Waals surface area contributed by atoms with E-state index in [2.05, 4.69) is 48.0 Å². The second-order valence-electron chi connectivity index (χ2n) is 5.89. The summed E-state index contributed by atoms with van der Waals surface area (Å²) >= 11 is 0. The van der Waals surface area contributed by atoms with Crippen molar-refractivity contribution in [3.05, 3.63) is 29.8 Å². The molecule has 1 aromatic carbocycles. The molecule has 1 aliphatic heterocycles. The van der Waals surface area contributed by atoms with Crippen molar-refractivity contribution in [2.75, 3.05) is 31.6 Å². The van der Waals surface area contributed by atoms with Gasteiger partial charge in [-0.05, 0) is 50.6 Å². The van der Waals surface area contributed by atoms with Crippen molar-refractivity contribution in [1.29, 1.82) is 0 Å². The highest BCUT2D eigenvalue weighted by Gasteiger charge is 2.22. The summed E-state index contributed by atoms with van der Waals surface area (Å²) in [5.74, 6) is 0. The van der Waals surface area contributed by atoms with Gasteiger partial charge in [-0.25, -0.2) is 0 Å². The van der Waals surface area contributed by atoms with Gasteiger partial charge in [-0.15, -0.1) is 0 Å². The van der Waals surface area contributed by atoms with Gasteiger partial charge in [0.05, 0.1) is 6.10 Å². The van der Waals surface area contributed by atoms with E-state index < -0.39 is 0 Å². The molecule has 2 atom stereocenters. The van der Waals surface area contributed by atoms with Crippen LogP contribution in [0.4, 0.5) is 5.69 Å². The highest BCUT2D eigenvalue weighted by Crippen LogP contribution is 2.25. The smallest absolute Gasteiger partial charge is 0.0787 e. The maximum absolute atomic E-state index is 9.89. The number of benzene rings is 1. The number of aliphatic hydroxyl groups excluding tert-OH is 1. The summed E-state index contributed by atoms with van der Waals surface area (Å²) in [6.45, 7) is 7.72. The zero-order valence-electron chi connectivity index (χ0n) is 13.0. The molecule has 0 aromatic heterocycles. The molecule has 1 N–H and O–H groups in total. The predicted molar refractivity (Wildman–Crippen MR) is 85.2 cm³/mol. The Balaban J connectivity index is 2.16. The van der Waals surface area contributed by atoms with Crippen molar-refractivity contribution in [3.63, 3.8) is 0 Å². The minimum atomic E-state index is -0.332. The third kappa shape index (κ3) is 3.53. The number of aliphatic hydroxyl groups is 1. The Labute approximate surface area is 123 Å². The Hall–Kier alpha value is -1.06. The summed E-state index contributed by atoms with van der Waals surface area (Å²) in [5, 5.41) is 9.89. The van der Waals surface area contributed by atoms with Crippen molar-refractivity contribution in [3.8, 4) is 0 Å². The summed E-state index contributed by atoms with van der Waals surface area (Å²) in [4.78, 5) is 4.97. The molecule has 0 bridgehead atoms. The third-order valence-electron chi connectivity index (χ3n) is 4.37. The maximum Gasteiger partial charge on any atom is 0.0787 e. The average molecular weight is 276 g/mol. The van der Waals surface area contributed by atoms with Crippen LogP contribution in [-0.4, -0.2) is 42.7 Å². The van der Waals surface area contributed by atoms with Crippen LogP contribution in [0, 0.1) is 0 Å². The zero-order chi connectivity index (χ0) is 14.5. The van der Waals surface area contributed by atoms with Gasteiger partial charge in [0.15, 0.2) is 0 Å². The molecule has 3 heteroatoms. The van der Waals surface area contributed by atoms with Crippen molar-refractivity contribution in [2.45, 2.75) is 45.3 Å². The van der Waals surface area contributed by atoms with Gasteiger partial charge in [0.25, 0.3) is 0 Å². The van der Waals surface area contributed by atoms with E-state index in [0.29, 0.717) is 6.04 Å². The molecule has 0 aliphatic carbocycles. The highest BCUT2D eigenvalue weighted by molar-refractivity contribution is 5.49. The van der Waals surface area contributed by atoms with Crippen LogP contribution in [0.3, 0.4) is 0 Å². The zero-order valence-corrected chi connectivity index (χ0v) is 13.0. The van der Waals surface area contributed by atoms with E-state index in [1.165, 1.54) is 25.1 Å². The van der Waals surface area contributed by atoms with Crippen LogP contribution in [0.2, 0.25) is 0 Å². The minimum Gasteiger partial charge on any atom is -0.388 e. The van der Waals surface area contributed by atoms with Crippen LogP contribution in [0.5, 0.6) is 0 Å². The van der Waals surface area contributed by atoms with E-state index in [0.717, 1.165) is 25.1 Å². The van der Waals surface area contributed by atoms with Gasteiger partial charge in [-0.2, -0.15) is 0 Å². The van der Waals surface area contributed by atoms with Crippen LogP contribution < -0.4 is 4.90 Å². The molecule has 1 fully saturated rings. The lowest BCUT2D eigenvalue weighted by molar-refractivity contribution is 0.173. The molecule has 3 nitrogen and oxygen atoms in total. The molecule has 1 unspecified atom stereocenters. The van der Waals surface area contributed by atoms with Crippen molar-refractivity contribution in [2.24, 2.45) is 0 Å². The highest BCUT2D eigenvalue weighted by atomic mass is 16.3. The second kappa shape index (κ2) is 7.09. The first-order chi connectivity index (χ1) is 9.65. The molecule has 2 rings (SSSR count). The van der Waals surface area contributed by atoms with Gasteiger partial charge >= 0.3 is 0 Å². The second-order valence-corrected chi connectivity index (χ2v) is 5.89. The molecular weight excluding hydrogens is 248 g/mol. The van der Waals surface area contributed by atoms with E-state index >= 15 is 0 Å². The normalized spacial score (nSPS) is 22.6. The Kier molecular flexibility index (Phi) is 5.44. The van der Waals surface area contributed by atoms with Crippen molar-refractivity contribution in [1.82, 2.24) is 4.90 Å². The lowest BCUT2D eigenvalue weighted by Crippen LogP contribution is -2.39. The molecule has 112 valence electrons. The van der Waals surface area contributed by atoms with Gasteiger partial charge < -0.3 is 14.9 Å². The molecule has 0 radical (unpaired) electrons. The maximum atomic E-state index is 9.89. The van der Waals surface area contributed by atoms with Gasteiger partial charge in [0, 0.05) is 24.8 Å². The molecular formula is C17H28N2O. The number of likely N-dealkylation sites (N-methyl/N-ethyl adjacent to an activating group) is 1. The summed E-state index contributed by atoms with van der Waals surface area (Å²) in [5.41, 5.74) is 2.32.